The summed E-state index contributed by atoms with van der Waals surface area (Å²) in [7, 11) is 0. The molecule has 0 aromatic carbocycles. The molecular weight excluding hydrogens is 218 g/mol. The van der Waals surface area contributed by atoms with E-state index in [2.05, 4.69) is 11.9 Å². The molecule has 5 heteroatoms. The zero-order valence-corrected chi connectivity index (χ0v) is 9.85. The Morgan fingerprint density at radius 2 is 2.29 bits per heavy atom. The lowest BCUT2D eigenvalue weighted by atomic mass is 9.94. The van der Waals surface area contributed by atoms with Gasteiger partial charge >= 0.3 is 0 Å². The highest BCUT2D eigenvalue weighted by Gasteiger charge is 2.26. The third-order valence-electron chi connectivity index (χ3n) is 3.33. The van der Waals surface area contributed by atoms with Gasteiger partial charge in [-0.2, -0.15) is 0 Å². The number of piperidine rings is 1. The van der Waals surface area contributed by atoms with Gasteiger partial charge in [0.1, 0.15) is 0 Å². The quantitative estimate of drug-likeness (QED) is 0.729. The zero-order valence-electron chi connectivity index (χ0n) is 9.85. The van der Waals surface area contributed by atoms with Crippen LogP contribution in [0.25, 0.3) is 0 Å². The number of pyridine rings is 1. The van der Waals surface area contributed by atoms with Crippen molar-refractivity contribution < 1.29 is 4.79 Å². The van der Waals surface area contributed by atoms with E-state index in [4.69, 9.17) is 5.73 Å². The van der Waals surface area contributed by atoms with Gasteiger partial charge in [0, 0.05) is 31.4 Å². The first-order chi connectivity index (χ1) is 8.08. The van der Waals surface area contributed by atoms with Crippen molar-refractivity contribution in [1.29, 1.82) is 0 Å². The summed E-state index contributed by atoms with van der Waals surface area (Å²) in [6.45, 7) is 3.42. The van der Waals surface area contributed by atoms with Crippen molar-refractivity contribution in [2.75, 3.05) is 13.1 Å². The molecule has 2 unspecified atom stereocenters. The minimum absolute atomic E-state index is 0.0375. The third kappa shape index (κ3) is 2.55. The van der Waals surface area contributed by atoms with Gasteiger partial charge in [-0.05, 0) is 18.4 Å². The van der Waals surface area contributed by atoms with E-state index in [0.29, 0.717) is 18.0 Å². The van der Waals surface area contributed by atoms with Gasteiger partial charge in [-0.3, -0.25) is 9.59 Å². The van der Waals surface area contributed by atoms with Gasteiger partial charge < -0.3 is 15.6 Å². The molecule has 1 amide bonds. The van der Waals surface area contributed by atoms with Crippen molar-refractivity contribution in [1.82, 2.24) is 9.88 Å². The number of likely N-dealkylation sites (tertiary alicyclic amines) is 1. The molecule has 5 nitrogen and oxygen atoms in total. The van der Waals surface area contributed by atoms with Crippen molar-refractivity contribution in [2.45, 2.75) is 19.4 Å². The number of H-pyrrole nitrogens is 1. The Hall–Kier alpha value is -1.62. The van der Waals surface area contributed by atoms with Crippen LogP contribution in [0.2, 0.25) is 0 Å². The lowest BCUT2D eigenvalue weighted by Crippen LogP contribution is -2.49. The second-order valence-corrected chi connectivity index (χ2v) is 4.62. The summed E-state index contributed by atoms with van der Waals surface area (Å²) in [6.07, 6.45) is 2.38. The summed E-state index contributed by atoms with van der Waals surface area (Å²) >= 11 is 0. The van der Waals surface area contributed by atoms with E-state index in [1.807, 2.05) is 0 Å². The lowest BCUT2D eigenvalue weighted by Gasteiger charge is -2.35. The van der Waals surface area contributed by atoms with E-state index >= 15 is 0 Å². The first kappa shape index (κ1) is 11.9. The van der Waals surface area contributed by atoms with Crippen LogP contribution < -0.4 is 11.3 Å². The largest absolute Gasteiger partial charge is 0.337 e. The van der Waals surface area contributed by atoms with Gasteiger partial charge in [-0.1, -0.05) is 6.92 Å². The Balaban J connectivity index is 2.10. The normalized spacial score (nSPS) is 24.7. The molecule has 0 spiro atoms. The number of aromatic nitrogens is 1. The maximum Gasteiger partial charge on any atom is 0.255 e. The molecule has 0 bridgehead atoms. The van der Waals surface area contributed by atoms with Gasteiger partial charge in [0.05, 0.1) is 5.56 Å². The SMILES string of the molecule is CC1CCN(C(=O)c2ccc(=O)[nH]c2)CC1N. The molecule has 2 rings (SSSR count). The van der Waals surface area contributed by atoms with Crippen LogP contribution in [0.3, 0.4) is 0 Å². The van der Waals surface area contributed by atoms with Crippen LogP contribution in [-0.4, -0.2) is 34.9 Å². The van der Waals surface area contributed by atoms with Crippen LogP contribution >= 0.6 is 0 Å². The van der Waals surface area contributed by atoms with Crippen LogP contribution in [0.1, 0.15) is 23.7 Å². The van der Waals surface area contributed by atoms with Gasteiger partial charge in [-0.25, -0.2) is 0 Å². The highest BCUT2D eigenvalue weighted by molar-refractivity contribution is 5.93. The van der Waals surface area contributed by atoms with Crippen molar-refractivity contribution in [3.05, 3.63) is 34.2 Å². The minimum atomic E-state index is -0.203. The van der Waals surface area contributed by atoms with Crippen LogP contribution in [0, 0.1) is 5.92 Å². The highest BCUT2D eigenvalue weighted by Crippen LogP contribution is 2.17. The second kappa shape index (κ2) is 4.71. The predicted molar refractivity (Wildman–Crippen MR) is 64.7 cm³/mol. The summed E-state index contributed by atoms with van der Waals surface area (Å²) in [4.78, 5) is 27.3. The molecular formula is C12H17N3O2. The Labute approximate surface area is 99.6 Å². The molecule has 17 heavy (non-hydrogen) atoms. The molecule has 2 heterocycles. The van der Waals surface area contributed by atoms with Crippen molar-refractivity contribution in [3.63, 3.8) is 0 Å². The van der Waals surface area contributed by atoms with Crippen molar-refractivity contribution >= 4 is 5.91 Å². The lowest BCUT2D eigenvalue weighted by molar-refractivity contribution is 0.0672. The first-order valence-electron chi connectivity index (χ1n) is 5.81. The monoisotopic (exact) mass is 235 g/mol. The molecule has 1 aliphatic heterocycles. The van der Waals surface area contributed by atoms with E-state index in [0.717, 1.165) is 13.0 Å². The molecule has 2 atom stereocenters. The first-order valence-corrected chi connectivity index (χ1v) is 5.81. The van der Waals surface area contributed by atoms with E-state index < -0.39 is 0 Å². The van der Waals surface area contributed by atoms with Crippen molar-refractivity contribution in [2.24, 2.45) is 11.7 Å². The Morgan fingerprint density at radius 3 is 2.88 bits per heavy atom. The van der Waals surface area contributed by atoms with Crippen LogP contribution in [0.15, 0.2) is 23.1 Å². The summed E-state index contributed by atoms with van der Waals surface area (Å²) in [5, 5.41) is 0. The average molecular weight is 235 g/mol. The molecule has 1 aliphatic rings. The molecule has 0 radical (unpaired) electrons. The molecule has 0 aliphatic carbocycles. The Bertz CT molecular complexity index is 449. The summed E-state index contributed by atoms with van der Waals surface area (Å²) in [5.74, 6) is 0.387. The number of hydrogen-bond donors (Lipinski definition) is 2. The maximum atomic E-state index is 12.1. The highest BCUT2D eigenvalue weighted by atomic mass is 16.2. The molecule has 3 N–H and O–H groups in total. The topological polar surface area (TPSA) is 79.2 Å². The summed E-state index contributed by atoms with van der Waals surface area (Å²) in [5.41, 5.74) is 6.26. The van der Waals surface area contributed by atoms with Gasteiger partial charge in [-0.15, -0.1) is 0 Å². The average Bonchev–Trinajstić information content (AvgIpc) is 2.33. The molecule has 0 saturated carbocycles. The number of nitrogens with two attached hydrogens (primary N) is 1. The number of carbonyl (C=O) groups excluding carboxylic acids is 1. The summed E-state index contributed by atoms with van der Waals surface area (Å²) in [6, 6.07) is 2.94. The minimum Gasteiger partial charge on any atom is -0.337 e. The number of amides is 1. The van der Waals surface area contributed by atoms with Gasteiger partial charge in [0.15, 0.2) is 0 Å². The standard InChI is InChI=1S/C12H17N3O2/c1-8-4-5-15(7-10(8)13)12(17)9-2-3-11(16)14-6-9/h2-3,6,8,10H,4-5,7,13H2,1H3,(H,14,16). The third-order valence-corrected chi connectivity index (χ3v) is 3.33. The van der Waals surface area contributed by atoms with E-state index in [9.17, 15) is 9.59 Å². The number of nitrogens with one attached hydrogen (secondary N) is 1. The fourth-order valence-electron chi connectivity index (χ4n) is 2.01. The van der Waals surface area contributed by atoms with E-state index in [1.165, 1.54) is 12.3 Å². The molecule has 1 fully saturated rings. The Kier molecular flexibility index (Phi) is 3.28. The smallest absolute Gasteiger partial charge is 0.255 e. The van der Waals surface area contributed by atoms with Crippen LogP contribution in [0.4, 0.5) is 0 Å². The van der Waals surface area contributed by atoms with Gasteiger partial charge in [0.25, 0.3) is 5.91 Å². The molecule has 1 aromatic rings. The Morgan fingerprint density at radius 1 is 1.53 bits per heavy atom. The molecule has 1 saturated heterocycles. The molecule has 1 aromatic heterocycles. The predicted octanol–water partition coefficient (Wildman–Crippen LogP) is 0.184. The van der Waals surface area contributed by atoms with E-state index in [-0.39, 0.29) is 17.5 Å². The van der Waals surface area contributed by atoms with Crippen molar-refractivity contribution in [3.8, 4) is 0 Å². The summed E-state index contributed by atoms with van der Waals surface area (Å²) < 4.78 is 0. The second-order valence-electron chi connectivity index (χ2n) is 4.62. The number of rotatable bonds is 1. The van der Waals surface area contributed by atoms with Gasteiger partial charge in [0.2, 0.25) is 5.56 Å². The van der Waals surface area contributed by atoms with Crippen LogP contribution in [-0.2, 0) is 0 Å². The fourth-order valence-corrected chi connectivity index (χ4v) is 2.01. The number of carbonyl (C=O) groups is 1. The van der Waals surface area contributed by atoms with Crippen LogP contribution in [0.5, 0.6) is 0 Å². The number of aromatic amines is 1. The molecule has 92 valence electrons. The number of nitrogens with zero attached hydrogens (tertiary/aromatic N) is 1. The zero-order chi connectivity index (χ0) is 12.4. The van der Waals surface area contributed by atoms with E-state index in [1.54, 1.807) is 11.0 Å². The fraction of sp³-hybridized carbons (Fsp3) is 0.500. The number of hydrogen-bond acceptors (Lipinski definition) is 3. The maximum absolute atomic E-state index is 12.1.